The molecule has 0 unspecified atom stereocenters. The van der Waals surface area contributed by atoms with Crippen LogP contribution in [0.3, 0.4) is 0 Å². The number of carbonyl (C=O) groups is 4. The first-order valence-electron chi connectivity index (χ1n) is 15.0. The third kappa shape index (κ3) is 9.22. The fourth-order valence-corrected chi connectivity index (χ4v) is 6.83. The zero-order valence-corrected chi connectivity index (χ0v) is 27.6. The van der Waals surface area contributed by atoms with E-state index < -0.39 is 73.9 Å². The maximum Gasteiger partial charge on any atom is 0.351 e. The average Bonchev–Trinajstić information content (AvgIpc) is 3.38. The highest BCUT2D eigenvalue weighted by molar-refractivity contribution is 7.53. The van der Waals surface area contributed by atoms with Gasteiger partial charge in [0.05, 0.1) is 24.9 Å². The van der Waals surface area contributed by atoms with Gasteiger partial charge in [-0.05, 0) is 44.2 Å². The normalized spacial score (nSPS) is 19.6. The molecule has 0 aliphatic carbocycles. The van der Waals surface area contributed by atoms with Gasteiger partial charge in [-0.25, -0.2) is 9.59 Å². The van der Waals surface area contributed by atoms with Crippen LogP contribution in [-0.2, 0) is 42.1 Å². The molecule has 2 aromatic carbocycles. The first-order chi connectivity index (χ1) is 22.9. The zero-order valence-electron chi connectivity index (χ0n) is 26.7. The van der Waals surface area contributed by atoms with Gasteiger partial charge in [0.25, 0.3) is 5.91 Å². The Balaban J connectivity index is 1.76. The van der Waals surface area contributed by atoms with Gasteiger partial charge >= 0.3 is 31.2 Å². The van der Waals surface area contributed by atoms with Crippen LogP contribution in [0.15, 0.2) is 77.7 Å². The summed E-state index contributed by atoms with van der Waals surface area (Å²) in [4.78, 5) is 68.0. The van der Waals surface area contributed by atoms with Crippen molar-refractivity contribution in [2.75, 3.05) is 24.7 Å². The molecule has 48 heavy (non-hydrogen) atoms. The molecule has 2 heterocycles. The molecule has 5 atom stereocenters. The van der Waals surface area contributed by atoms with Crippen molar-refractivity contribution >= 4 is 37.2 Å². The highest BCUT2D eigenvalue weighted by atomic mass is 31.2. The smallest absolute Gasteiger partial charge is 0.351 e. The topological polar surface area (TPSA) is 188 Å². The predicted octanol–water partition coefficient (Wildman–Crippen LogP) is 3.75. The van der Waals surface area contributed by atoms with Crippen LogP contribution in [0.25, 0.3) is 0 Å². The zero-order chi connectivity index (χ0) is 34.8. The van der Waals surface area contributed by atoms with Crippen molar-refractivity contribution in [1.29, 1.82) is 0 Å². The molecule has 0 bridgehead atoms. The molecule has 0 radical (unpaired) electrons. The number of nitrogens with one attached hydrogen (secondary N) is 1. The molecule has 256 valence electrons. The minimum Gasteiger partial charge on any atom is -0.459 e. The molecule has 1 aromatic heterocycles. The Morgan fingerprint density at radius 3 is 2.02 bits per heavy atom. The van der Waals surface area contributed by atoms with Crippen molar-refractivity contribution in [1.82, 2.24) is 9.55 Å². The molecule has 1 fully saturated rings. The lowest BCUT2D eigenvalue weighted by Crippen LogP contribution is -2.46. The second kappa shape index (κ2) is 16.4. The lowest BCUT2D eigenvalue weighted by atomic mass is 10.1. The first-order valence-corrected chi connectivity index (χ1v) is 16.8. The minimum atomic E-state index is -3.92. The molecular formula is C32H36N3O12P. The average molecular weight is 686 g/mol. The van der Waals surface area contributed by atoms with Crippen LogP contribution in [0, 0.1) is 0 Å². The Bertz CT molecular complexity index is 1690. The number of amides is 1. The molecule has 1 aliphatic heterocycles. The van der Waals surface area contributed by atoms with E-state index >= 15 is 0 Å². The van der Waals surface area contributed by atoms with E-state index in [4.69, 9.17) is 28.0 Å². The summed E-state index contributed by atoms with van der Waals surface area (Å²) in [6.07, 6.45) is -6.72. The van der Waals surface area contributed by atoms with Gasteiger partial charge in [-0.2, -0.15) is 4.98 Å². The van der Waals surface area contributed by atoms with Crippen LogP contribution >= 0.6 is 7.60 Å². The van der Waals surface area contributed by atoms with Crippen molar-refractivity contribution < 1.29 is 51.7 Å². The van der Waals surface area contributed by atoms with Crippen LogP contribution in [0.5, 0.6) is 0 Å². The molecule has 15 nitrogen and oxygen atoms in total. The van der Waals surface area contributed by atoms with Crippen molar-refractivity contribution in [2.45, 2.75) is 58.3 Å². The number of hydrogen-bond donors (Lipinski definition) is 1. The van der Waals surface area contributed by atoms with E-state index in [1.807, 2.05) is 0 Å². The number of ether oxygens (including phenoxy) is 4. The second-order valence-electron chi connectivity index (χ2n) is 10.4. The van der Waals surface area contributed by atoms with Gasteiger partial charge < -0.3 is 33.3 Å². The van der Waals surface area contributed by atoms with Crippen LogP contribution in [0.2, 0.25) is 0 Å². The number of anilines is 1. The maximum atomic E-state index is 13.6. The van der Waals surface area contributed by atoms with E-state index in [1.54, 1.807) is 62.4 Å². The number of esters is 3. The number of hydrogen-bond acceptors (Lipinski definition) is 13. The van der Waals surface area contributed by atoms with Crippen LogP contribution in [0.1, 0.15) is 54.6 Å². The summed E-state index contributed by atoms with van der Waals surface area (Å²) in [5, 5.41) is 2.54. The molecular weight excluding hydrogens is 649 g/mol. The third-order valence-electron chi connectivity index (χ3n) is 6.90. The molecule has 1 N–H and O–H groups in total. The van der Waals surface area contributed by atoms with Crippen LogP contribution in [0.4, 0.5) is 5.82 Å². The minimum absolute atomic E-state index is 0.00502. The van der Waals surface area contributed by atoms with E-state index in [1.165, 1.54) is 24.4 Å². The molecule has 1 saturated heterocycles. The van der Waals surface area contributed by atoms with Gasteiger partial charge in [-0.1, -0.05) is 36.4 Å². The molecule has 3 aromatic rings. The van der Waals surface area contributed by atoms with E-state index in [9.17, 15) is 28.5 Å². The van der Waals surface area contributed by atoms with Crippen molar-refractivity contribution in [3.05, 3.63) is 94.5 Å². The fraction of sp³-hybridized carbons (Fsp3) is 0.375. The van der Waals surface area contributed by atoms with E-state index in [2.05, 4.69) is 10.3 Å². The van der Waals surface area contributed by atoms with Crippen molar-refractivity contribution in [3.63, 3.8) is 0 Å². The summed E-state index contributed by atoms with van der Waals surface area (Å²) in [5.41, 5.74) is -0.469. The number of carbonyl (C=O) groups excluding carboxylic acids is 4. The van der Waals surface area contributed by atoms with Gasteiger partial charge in [0.1, 0.15) is 18.0 Å². The predicted molar refractivity (Wildman–Crippen MR) is 169 cm³/mol. The highest BCUT2D eigenvalue weighted by Crippen LogP contribution is 2.50. The Labute approximate surface area is 276 Å². The number of rotatable bonds is 14. The Morgan fingerprint density at radius 1 is 0.875 bits per heavy atom. The van der Waals surface area contributed by atoms with E-state index in [-0.39, 0.29) is 24.6 Å². The standard InChI is InChI=1S/C32H36N3O12P/c1-5-42-48(41,43-6-2)19-24(44-20(3)36)26-27(47-31(39)23-15-11-8-12-16-23)28(45-21(4)37)30(46-26)35-18-17-25(34-32(35)40)33-29(38)22-13-9-7-10-14-22/h7-18,24,26-28,30H,5-6,19H2,1-4H3,(H,33,34,38,40)/t24-,26-,27-,28-,30-/m1/s1. The summed E-state index contributed by atoms with van der Waals surface area (Å²) in [6, 6.07) is 17.5. The Kier molecular flexibility index (Phi) is 12.4. The summed E-state index contributed by atoms with van der Waals surface area (Å²) in [7, 11) is -3.92. The van der Waals surface area contributed by atoms with Gasteiger partial charge in [-0.3, -0.25) is 23.5 Å². The third-order valence-corrected chi connectivity index (χ3v) is 9.01. The van der Waals surface area contributed by atoms with E-state index in [0.717, 1.165) is 18.4 Å². The van der Waals surface area contributed by atoms with Gasteiger partial charge in [0.15, 0.2) is 18.4 Å². The lowest BCUT2D eigenvalue weighted by molar-refractivity contribution is -0.157. The molecule has 0 saturated carbocycles. The lowest BCUT2D eigenvalue weighted by Gasteiger charge is -2.30. The number of nitrogens with zero attached hydrogens (tertiary/aromatic N) is 2. The summed E-state index contributed by atoms with van der Waals surface area (Å²) >= 11 is 0. The maximum absolute atomic E-state index is 13.6. The van der Waals surface area contributed by atoms with Crippen molar-refractivity contribution in [3.8, 4) is 0 Å². The largest absolute Gasteiger partial charge is 0.459 e. The molecule has 0 spiro atoms. The fourth-order valence-electron chi connectivity index (χ4n) is 5.04. The van der Waals surface area contributed by atoms with Gasteiger partial charge in [0.2, 0.25) is 0 Å². The quantitative estimate of drug-likeness (QED) is 0.147. The Hall–Kier alpha value is -4.69. The SMILES string of the molecule is CCOP(=O)(C[C@@H](OC(C)=O)[C@H]1O[C@@H](n2ccc(NC(=O)c3ccccc3)nc2=O)[C@H](OC(C)=O)[C@@H]1OC(=O)c1ccccc1)OCC. The Morgan fingerprint density at radius 2 is 1.48 bits per heavy atom. The number of benzene rings is 2. The van der Waals surface area contributed by atoms with Gasteiger partial charge in [-0.15, -0.1) is 0 Å². The van der Waals surface area contributed by atoms with Gasteiger partial charge in [0, 0.05) is 25.6 Å². The van der Waals surface area contributed by atoms with Crippen LogP contribution in [-0.4, -0.2) is 77.2 Å². The monoisotopic (exact) mass is 685 g/mol. The summed E-state index contributed by atoms with van der Waals surface area (Å²) in [5.74, 6) is -3.07. The summed E-state index contributed by atoms with van der Waals surface area (Å²) in [6.45, 7) is 5.40. The molecule has 4 rings (SSSR count). The van der Waals surface area contributed by atoms with E-state index in [0.29, 0.717) is 5.56 Å². The first kappa shape index (κ1) is 36.2. The second-order valence-corrected chi connectivity index (χ2v) is 12.5. The highest BCUT2D eigenvalue weighted by Gasteiger charge is 2.55. The molecule has 1 amide bonds. The van der Waals surface area contributed by atoms with Crippen LogP contribution < -0.4 is 11.0 Å². The summed E-state index contributed by atoms with van der Waals surface area (Å²) < 4.78 is 48.6. The molecule has 1 aliphatic rings. The van der Waals surface area contributed by atoms with Crippen molar-refractivity contribution in [2.24, 2.45) is 0 Å². The molecule has 16 heteroatoms. The number of aromatic nitrogens is 2.